The van der Waals surface area contributed by atoms with E-state index >= 15 is 0 Å². The van der Waals surface area contributed by atoms with Crippen LogP contribution >= 0.6 is 11.3 Å². The number of likely N-dealkylation sites (tertiary alicyclic amines) is 1. The van der Waals surface area contributed by atoms with Crippen molar-refractivity contribution >= 4 is 34.7 Å². The van der Waals surface area contributed by atoms with Gasteiger partial charge >= 0.3 is 0 Å². The molecule has 2 saturated heterocycles. The molecule has 2 aliphatic heterocycles. The van der Waals surface area contributed by atoms with Crippen LogP contribution in [0.4, 0.5) is 5.69 Å². The molecule has 2 fully saturated rings. The summed E-state index contributed by atoms with van der Waals surface area (Å²) in [5.74, 6) is -0.335. The molecule has 218 valence electrons. The smallest absolute Gasteiger partial charge is 0.279 e. The van der Waals surface area contributed by atoms with Crippen molar-refractivity contribution in [2.24, 2.45) is 0 Å². The van der Waals surface area contributed by atoms with Crippen molar-refractivity contribution in [3.8, 4) is 0 Å². The molecule has 0 aliphatic carbocycles. The van der Waals surface area contributed by atoms with Gasteiger partial charge in [-0.05, 0) is 56.2 Å². The molecular weight excluding hydrogens is 524 g/mol. The molecule has 0 atom stereocenters. The Balaban J connectivity index is 1.34. The molecule has 10 heteroatoms. The molecule has 1 aromatic heterocycles. The third-order valence-electron chi connectivity index (χ3n) is 8.06. The van der Waals surface area contributed by atoms with Gasteiger partial charge in [0.05, 0.1) is 18.8 Å². The van der Waals surface area contributed by atoms with Gasteiger partial charge in [-0.1, -0.05) is 30.3 Å². The standard InChI is InChI=1S/C30H44N6O3S/c1-24-23-40-29(30(39)31-12-13-35-16-14-34(2)15-17-35)28(24)33-27(38)22-36(18-8-3-4-9-19-36)21-26(37)32-20-25-10-6-5-7-11-25/h5-7,10-11,23H,3-4,8-9,12-22H2,1-2H3,(H2-,31,32,33,37,38,39)/p+1. The van der Waals surface area contributed by atoms with E-state index in [9.17, 15) is 14.4 Å². The average molecular weight is 570 g/mol. The Kier molecular flexibility index (Phi) is 11.1. The van der Waals surface area contributed by atoms with E-state index in [4.69, 9.17) is 0 Å². The van der Waals surface area contributed by atoms with Crippen molar-refractivity contribution in [3.05, 3.63) is 51.7 Å². The van der Waals surface area contributed by atoms with E-state index in [1.54, 1.807) is 0 Å². The van der Waals surface area contributed by atoms with Gasteiger partial charge in [0.1, 0.15) is 4.88 Å². The molecule has 4 rings (SSSR count). The van der Waals surface area contributed by atoms with Crippen molar-refractivity contribution < 1.29 is 18.9 Å². The molecule has 3 heterocycles. The minimum atomic E-state index is -0.151. The van der Waals surface area contributed by atoms with Gasteiger partial charge in [-0.25, -0.2) is 0 Å². The van der Waals surface area contributed by atoms with Crippen molar-refractivity contribution in [2.75, 3.05) is 77.8 Å². The van der Waals surface area contributed by atoms with Gasteiger partial charge in [-0.2, -0.15) is 0 Å². The van der Waals surface area contributed by atoms with Gasteiger partial charge in [0.25, 0.3) is 17.7 Å². The zero-order valence-corrected chi connectivity index (χ0v) is 24.9. The Morgan fingerprint density at radius 1 is 0.900 bits per heavy atom. The number of thiophene rings is 1. The van der Waals surface area contributed by atoms with Crippen LogP contribution in [0, 0.1) is 6.92 Å². The van der Waals surface area contributed by atoms with Crippen LogP contribution in [-0.2, 0) is 16.1 Å². The summed E-state index contributed by atoms with van der Waals surface area (Å²) in [4.78, 5) is 44.7. The molecule has 1 aromatic carbocycles. The molecule has 9 nitrogen and oxygen atoms in total. The van der Waals surface area contributed by atoms with Crippen LogP contribution in [0.5, 0.6) is 0 Å². The summed E-state index contributed by atoms with van der Waals surface area (Å²) in [5, 5.41) is 11.1. The maximum atomic E-state index is 13.4. The van der Waals surface area contributed by atoms with Gasteiger partial charge in [-0.3, -0.25) is 19.3 Å². The minimum Gasteiger partial charge on any atom is -0.350 e. The second-order valence-corrected chi connectivity index (χ2v) is 12.2. The van der Waals surface area contributed by atoms with Crippen LogP contribution < -0.4 is 16.0 Å². The summed E-state index contributed by atoms with van der Waals surface area (Å²) in [6.45, 7) is 10.00. The number of likely N-dealkylation sites (N-methyl/N-ethyl adjacent to an activating group) is 1. The van der Waals surface area contributed by atoms with Crippen molar-refractivity contribution in [3.63, 3.8) is 0 Å². The number of amides is 3. The van der Waals surface area contributed by atoms with Crippen LogP contribution in [0.3, 0.4) is 0 Å². The fraction of sp³-hybridized carbons (Fsp3) is 0.567. The molecular formula is C30H45N6O3S+. The number of piperazine rings is 1. The number of anilines is 1. The lowest BCUT2D eigenvalue weighted by Gasteiger charge is -2.36. The van der Waals surface area contributed by atoms with Gasteiger partial charge in [0.15, 0.2) is 13.1 Å². The first kappa shape index (κ1) is 30.2. The highest BCUT2D eigenvalue weighted by Crippen LogP contribution is 2.28. The largest absolute Gasteiger partial charge is 0.350 e. The Hall–Kier alpha value is -2.79. The predicted octanol–water partition coefficient (Wildman–Crippen LogP) is 2.68. The van der Waals surface area contributed by atoms with Gasteiger partial charge in [0.2, 0.25) is 0 Å². The number of carbonyl (C=O) groups is 3. The van der Waals surface area contributed by atoms with Gasteiger partial charge in [0, 0.05) is 45.8 Å². The number of rotatable bonds is 11. The fourth-order valence-electron chi connectivity index (χ4n) is 5.62. The van der Waals surface area contributed by atoms with E-state index in [-0.39, 0.29) is 30.8 Å². The number of nitrogens with one attached hydrogen (secondary N) is 3. The highest BCUT2D eigenvalue weighted by molar-refractivity contribution is 7.13. The number of carbonyl (C=O) groups excluding carboxylic acids is 3. The molecule has 0 bridgehead atoms. The highest BCUT2D eigenvalue weighted by Gasteiger charge is 2.34. The third kappa shape index (κ3) is 8.86. The van der Waals surface area contributed by atoms with Crippen LogP contribution in [0.2, 0.25) is 0 Å². The van der Waals surface area contributed by atoms with E-state index in [2.05, 4.69) is 32.8 Å². The summed E-state index contributed by atoms with van der Waals surface area (Å²) >= 11 is 1.36. The molecule has 2 aliphatic rings. The molecule has 3 N–H and O–H groups in total. The van der Waals surface area contributed by atoms with E-state index in [1.807, 2.05) is 42.6 Å². The Bertz CT molecular complexity index is 1120. The summed E-state index contributed by atoms with van der Waals surface area (Å²) in [6, 6.07) is 9.87. The molecule has 0 spiro atoms. The molecule has 0 saturated carbocycles. The Labute approximate surface area is 242 Å². The van der Waals surface area contributed by atoms with Crippen molar-refractivity contribution in [1.82, 2.24) is 20.4 Å². The van der Waals surface area contributed by atoms with Gasteiger partial charge in [-0.15, -0.1) is 11.3 Å². The second kappa shape index (κ2) is 14.7. The predicted molar refractivity (Wildman–Crippen MR) is 160 cm³/mol. The third-order valence-corrected chi connectivity index (χ3v) is 9.16. The summed E-state index contributed by atoms with van der Waals surface area (Å²) < 4.78 is 0.447. The first-order valence-electron chi connectivity index (χ1n) is 14.6. The zero-order chi connectivity index (χ0) is 28.4. The lowest BCUT2D eigenvalue weighted by atomic mass is 10.2. The number of hydrogen-bond donors (Lipinski definition) is 3. The van der Waals surface area contributed by atoms with E-state index < -0.39 is 0 Å². The lowest BCUT2D eigenvalue weighted by molar-refractivity contribution is -0.912. The number of quaternary nitrogens is 1. The molecule has 3 amide bonds. The fourth-order valence-corrected chi connectivity index (χ4v) is 6.54. The Morgan fingerprint density at radius 3 is 2.27 bits per heavy atom. The summed E-state index contributed by atoms with van der Waals surface area (Å²) in [6.07, 6.45) is 4.24. The SMILES string of the molecule is Cc1csc(C(=O)NCCN2CCN(C)CC2)c1NC(=O)C[N+]1(CC(=O)NCc2ccccc2)CCCCCC1. The van der Waals surface area contributed by atoms with Crippen LogP contribution in [0.1, 0.15) is 46.5 Å². The minimum absolute atomic E-state index is 0.0364. The summed E-state index contributed by atoms with van der Waals surface area (Å²) in [7, 11) is 2.13. The number of aryl methyl sites for hydroxylation is 1. The first-order valence-corrected chi connectivity index (χ1v) is 15.4. The van der Waals surface area contributed by atoms with E-state index in [1.165, 1.54) is 11.3 Å². The maximum Gasteiger partial charge on any atom is 0.279 e. The topological polar surface area (TPSA) is 93.8 Å². The normalized spacial score (nSPS) is 18.1. The van der Waals surface area contributed by atoms with E-state index in [0.29, 0.717) is 28.1 Å². The lowest BCUT2D eigenvalue weighted by Crippen LogP contribution is -2.57. The first-order chi connectivity index (χ1) is 19.3. The molecule has 40 heavy (non-hydrogen) atoms. The number of benzene rings is 1. The maximum absolute atomic E-state index is 13.4. The monoisotopic (exact) mass is 569 g/mol. The molecule has 0 unspecified atom stereocenters. The number of nitrogens with zero attached hydrogens (tertiary/aromatic N) is 3. The molecule has 0 radical (unpaired) electrons. The second-order valence-electron chi connectivity index (χ2n) is 11.4. The van der Waals surface area contributed by atoms with Crippen molar-refractivity contribution in [1.29, 1.82) is 0 Å². The summed E-state index contributed by atoms with van der Waals surface area (Å²) in [5.41, 5.74) is 2.53. The van der Waals surface area contributed by atoms with Crippen LogP contribution in [0.25, 0.3) is 0 Å². The Morgan fingerprint density at radius 2 is 1.57 bits per heavy atom. The van der Waals surface area contributed by atoms with E-state index in [0.717, 1.165) is 82.6 Å². The highest BCUT2D eigenvalue weighted by atomic mass is 32.1. The number of hydrogen-bond acceptors (Lipinski definition) is 6. The molecule has 2 aromatic rings. The van der Waals surface area contributed by atoms with Gasteiger partial charge < -0.3 is 25.3 Å². The van der Waals surface area contributed by atoms with Crippen LogP contribution in [0.15, 0.2) is 35.7 Å². The van der Waals surface area contributed by atoms with Crippen molar-refractivity contribution in [2.45, 2.75) is 39.2 Å². The average Bonchev–Trinajstić information content (AvgIpc) is 3.15. The quantitative estimate of drug-likeness (QED) is 0.362. The van der Waals surface area contributed by atoms with Crippen LogP contribution in [-0.4, -0.2) is 104 Å². The zero-order valence-electron chi connectivity index (χ0n) is 24.0.